The summed E-state index contributed by atoms with van der Waals surface area (Å²) in [7, 11) is 1.71. The molecule has 3 nitrogen and oxygen atoms in total. The number of nitrogen functional groups attached to an aromatic ring is 1. The first-order chi connectivity index (χ1) is 8.99. The van der Waals surface area contributed by atoms with Crippen LogP contribution < -0.4 is 10.6 Å². The summed E-state index contributed by atoms with van der Waals surface area (Å²) in [6.45, 7) is 0. The van der Waals surface area contributed by atoms with E-state index in [1.807, 2.05) is 0 Å². The molecule has 5 heteroatoms. The van der Waals surface area contributed by atoms with Crippen LogP contribution in [0.1, 0.15) is 10.4 Å². The average molecular weight is 340 g/mol. The summed E-state index contributed by atoms with van der Waals surface area (Å²) in [5.41, 5.74) is 7.60. The van der Waals surface area contributed by atoms with Crippen LogP contribution in [0.3, 0.4) is 0 Å². The summed E-state index contributed by atoms with van der Waals surface area (Å²) in [6.07, 6.45) is 0. The van der Waals surface area contributed by atoms with Crippen LogP contribution >= 0.6 is 27.5 Å². The van der Waals surface area contributed by atoms with Gasteiger partial charge in [-0.25, -0.2) is 0 Å². The van der Waals surface area contributed by atoms with E-state index in [-0.39, 0.29) is 5.91 Å². The number of carbonyl (C=O) groups excluding carboxylic acids is 1. The number of benzene rings is 2. The minimum Gasteiger partial charge on any atom is -0.399 e. The van der Waals surface area contributed by atoms with E-state index in [4.69, 9.17) is 17.3 Å². The van der Waals surface area contributed by atoms with Gasteiger partial charge < -0.3 is 10.6 Å². The van der Waals surface area contributed by atoms with Crippen molar-refractivity contribution in [1.29, 1.82) is 0 Å². The molecule has 0 spiro atoms. The van der Waals surface area contributed by atoms with Gasteiger partial charge in [0.1, 0.15) is 0 Å². The fourth-order valence-electron chi connectivity index (χ4n) is 1.64. The molecule has 0 unspecified atom stereocenters. The Balaban J connectivity index is 2.28. The van der Waals surface area contributed by atoms with Gasteiger partial charge in [0, 0.05) is 28.5 Å². The van der Waals surface area contributed by atoms with Gasteiger partial charge in [-0.2, -0.15) is 0 Å². The van der Waals surface area contributed by atoms with Crippen LogP contribution in [0.4, 0.5) is 11.4 Å². The Kier molecular flexibility index (Phi) is 4.12. The number of hydrogen-bond acceptors (Lipinski definition) is 2. The first-order valence-electron chi connectivity index (χ1n) is 5.57. The standard InChI is InChI=1S/C14H12BrClN2O/c1-18(11-5-3-10(17)4-6-11)14(19)9-2-7-12(15)13(16)8-9/h2-8H,17H2,1H3. The highest BCUT2D eigenvalue weighted by Gasteiger charge is 2.14. The number of hydrogen-bond donors (Lipinski definition) is 1. The maximum absolute atomic E-state index is 12.3. The van der Waals surface area contributed by atoms with Crippen molar-refractivity contribution in [2.75, 3.05) is 17.7 Å². The molecule has 0 aliphatic heterocycles. The fraction of sp³-hybridized carbons (Fsp3) is 0.0714. The van der Waals surface area contributed by atoms with Crippen molar-refractivity contribution >= 4 is 44.8 Å². The van der Waals surface area contributed by atoms with Crippen molar-refractivity contribution in [3.8, 4) is 0 Å². The largest absolute Gasteiger partial charge is 0.399 e. The summed E-state index contributed by atoms with van der Waals surface area (Å²) >= 11 is 9.29. The van der Waals surface area contributed by atoms with E-state index in [0.717, 1.165) is 10.2 Å². The average Bonchev–Trinajstić information content (AvgIpc) is 2.41. The third-order valence-electron chi connectivity index (χ3n) is 2.75. The van der Waals surface area contributed by atoms with E-state index in [1.54, 1.807) is 54.4 Å². The van der Waals surface area contributed by atoms with Gasteiger partial charge in [-0.05, 0) is 58.4 Å². The zero-order valence-electron chi connectivity index (χ0n) is 10.2. The monoisotopic (exact) mass is 338 g/mol. The first kappa shape index (κ1) is 13.9. The predicted molar refractivity (Wildman–Crippen MR) is 82.7 cm³/mol. The molecular formula is C14H12BrClN2O. The molecule has 0 aromatic heterocycles. The summed E-state index contributed by atoms with van der Waals surface area (Å²) in [6, 6.07) is 12.2. The predicted octanol–water partition coefficient (Wildman–Crippen LogP) is 3.96. The molecule has 0 aliphatic rings. The van der Waals surface area contributed by atoms with Crippen molar-refractivity contribution < 1.29 is 4.79 Å². The zero-order chi connectivity index (χ0) is 14.0. The van der Waals surface area contributed by atoms with Gasteiger partial charge in [-0.3, -0.25) is 4.79 Å². The van der Waals surface area contributed by atoms with Crippen LogP contribution in [0.5, 0.6) is 0 Å². The van der Waals surface area contributed by atoms with Crippen molar-refractivity contribution in [2.24, 2.45) is 0 Å². The van der Waals surface area contributed by atoms with Crippen LogP contribution in [-0.4, -0.2) is 13.0 Å². The van der Waals surface area contributed by atoms with Crippen LogP contribution in [0.25, 0.3) is 0 Å². The summed E-state index contributed by atoms with van der Waals surface area (Å²) in [4.78, 5) is 13.9. The number of nitrogens with two attached hydrogens (primary N) is 1. The normalized spacial score (nSPS) is 10.3. The Bertz CT molecular complexity index is 613. The highest BCUT2D eigenvalue weighted by atomic mass is 79.9. The Morgan fingerprint density at radius 3 is 2.42 bits per heavy atom. The molecule has 0 atom stereocenters. The highest BCUT2D eigenvalue weighted by molar-refractivity contribution is 9.10. The summed E-state index contributed by atoms with van der Waals surface area (Å²) in [5.74, 6) is -0.126. The fourth-order valence-corrected chi connectivity index (χ4v) is 2.07. The second kappa shape index (κ2) is 5.63. The summed E-state index contributed by atoms with van der Waals surface area (Å²) < 4.78 is 0.765. The van der Waals surface area contributed by atoms with E-state index < -0.39 is 0 Å². The highest BCUT2D eigenvalue weighted by Crippen LogP contribution is 2.25. The molecule has 2 N–H and O–H groups in total. The lowest BCUT2D eigenvalue weighted by Crippen LogP contribution is -2.26. The van der Waals surface area contributed by atoms with E-state index in [1.165, 1.54) is 0 Å². The third kappa shape index (κ3) is 3.08. The molecule has 2 rings (SSSR count). The van der Waals surface area contributed by atoms with Crippen LogP contribution in [0.15, 0.2) is 46.9 Å². The van der Waals surface area contributed by atoms with Gasteiger partial charge in [0.25, 0.3) is 5.91 Å². The third-order valence-corrected chi connectivity index (χ3v) is 3.98. The molecule has 19 heavy (non-hydrogen) atoms. The number of amides is 1. The molecule has 0 fully saturated rings. The molecular weight excluding hydrogens is 328 g/mol. The molecule has 0 saturated heterocycles. The topological polar surface area (TPSA) is 46.3 Å². The summed E-state index contributed by atoms with van der Waals surface area (Å²) in [5, 5.41) is 0.511. The molecule has 0 radical (unpaired) electrons. The van der Waals surface area contributed by atoms with Crippen molar-refractivity contribution in [1.82, 2.24) is 0 Å². The van der Waals surface area contributed by atoms with Crippen molar-refractivity contribution in [2.45, 2.75) is 0 Å². The van der Waals surface area contributed by atoms with E-state index >= 15 is 0 Å². The van der Waals surface area contributed by atoms with Gasteiger partial charge in [0.05, 0.1) is 5.02 Å². The number of halogens is 2. The second-order valence-electron chi connectivity index (χ2n) is 4.08. The minimum absolute atomic E-state index is 0.126. The molecule has 0 bridgehead atoms. The number of rotatable bonds is 2. The van der Waals surface area contributed by atoms with Gasteiger partial charge in [-0.15, -0.1) is 0 Å². The van der Waals surface area contributed by atoms with E-state index in [0.29, 0.717) is 16.3 Å². The molecule has 98 valence electrons. The van der Waals surface area contributed by atoms with Crippen LogP contribution in [0, 0.1) is 0 Å². The van der Waals surface area contributed by atoms with Crippen molar-refractivity contribution in [3.63, 3.8) is 0 Å². The zero-order valence-corrected chi connectivity index (χ0v) is 12.6. The quantitative estimate of drug-likeness (QED) is 0.842. The second-order valence-corrected chi connectivity index (χ2v) is 5.35. The van der Waals surface area contributed by atoms with Gasteiger partial charge in [-0.1, -0.05) is 11.6 Å². The Labute approximate surface area is 125 Å². The van der Waals surface area contributed by atoms with Crippen LogP contribution in [-0.2, 0) is 0 Å². The Hall–Kier alpha value is -1.52. The molecule has 2 aromatic carbocycles. The van der Waals surface area contributed by atoms with Crippen LogP contribution in [0.2, 0.25) is 5.02 Å². The lowest BCUT2D eigenvalue weighted by molar-refractivity contribution is 0.0993. The Morgan fingerprint density at radius 1 is 1.21 bits per heavy atom. The molecule has 0 saturated carbocycles. The lowest BCUT2D eigenvalue weighted by atomic mass is 10.2. The van der Waals surface area contributed by atoms with E-state index in [2.05, 4.69) is 15.9 Å². The van der Waals surface area contributed by atoms with Gasteiger partial charge in [0.15, 0.2) is 0 Å². The van der Waals surface area contributed by atoms with Crippen molar-refractivity contribution in [3.05, 3.63) is 57.5 Å². The number of anilines is 2. The minimum atomic E-state index is -0.126. The Morgan fingerprint density at radius 2 is 1.84 bits per heavy atom. The maximum Gasteiger partial charge on any atom is 0.258 e. The number of nitrogens with zero attached hydrogens (tertiary/aromatic N) is 1. The smallest absolute Gasteiger partial charge is 0.258 e. The first-order valence-corrected chi connectivity index (χ1v) is 6.75. The molecule has 0 aliphatic carbocycles. The lowest BCUT2D eigenvalue weighted by Gasteiger charge is -2.17. The maximum atomic E-state index is 12.3. The molecule has 2 aromatic rings. The SMILES string of the molecule is CN(C(=O)c1ccc(Br)c(Cl)c1)c1ccc(N)cc1. The number of carbonyl (C=O) groups is 1. The van der Waals surface area contributed by atoms with Gasteiger partial charge in [0.2, 0.25) is 0 Å². The molecule has 1 amide bonds. The molecule has 0 heterocycles. The van der Waals surface area contributed by atoms with Gasteiger partial charge >= 0.3 is 0 Å². The van der Waals surface area contributed by atoms with E-state index in [9.17, 15) is 4.79 Å².